The Morgan fingerprint density at radius 1 is 0.812 bits per heavy atom. The maximum absolute atomic E-state index is 9.13. The average Bonchev–Trinajstić information content (AvgIpc) is 2.30. The number of aliphatic hydroxyl groups is 2. The molecule has 0 radical (unpaired) electrons. The van der Waals surface area contributed by atoms with Gasteiger partial charge in [0.15, 0.2) is 0 Å². The van der Waals surface area contributed by atoms with Crippen LogP contribution >= 0.6 is 0 Å². The van der Waals surface area contributed by atoms with Crippen molar-refractivity contribution in [2.75, 3.05) is 13.2 Å². The van der Waals surface area contributed by atoms with Gasteiger partial charge in [0.2, 0.25) is 0 Å². The fourth-order valence-electron chi connectivity index (χ4n) is 2.34. The van der Waals surface area contributed by atoms with E-state index in [0.29, 0.717) is 6.42 Å². The second kappa shape index (κ2) is 6.66. The standard InChI is InChI=1S/C14H22O2/c1-3-11-5-6-12(7-9-15)13(4-2)14(11)8-10-16/h5-6,15-16H,3-4,7-10H2,1-2H3. The van der Waals surface area contributed by atoms with E-state index in [9.17, 15) is 0 Å². The summed E-state index contributed by atoms with van der Waals surface area (Å²) in [6.07, 6.45) is 3.41. The lowest BCUT2D eigenvalue weighted by atomic mass is 9.90. The van der Waals surface area contributed by atoms with Crippen molar-refractivity contribution in [3.63, 3.8) is 0 Å². The van der Waals surface area contributed by atoms with Crippen LogP contribution in [0, 0.1) is 0 Å². The molecule has 0 saturated heterocycles. The molecule has 0 unspecified atom stereocenters. The van der Waals surface area contributed by atoms with Crippen LogP contribution in [0.3, 0.4) is 0 Å². The Bertz CT molecular complexity index is 332. The molecule has 0 spiro atoms. The van der Waals surface area contributed by atoms with Crippen molar-refractivity contribution < 1.29 is 10.2 Å². The molecule has 0 bridgehead atoms. The van der Waals surface area contributed by atoms with Crippen molar-refractivity contribution in [2.24, 2.45) is 0 Å². The van der Waals surface area contributed by atoms with Gasteiger partial charge in [-0.2, -0.15) is 0 Å². The highest BCUT2D eigenvalue weighted by atomic mass is 16.3. The van der Waals surface area contributed by atoms with Crippen molar-refractivity contribution in [1.82, 2.24) is 0 Å². The number of aryl methyl sites for hydroxylation is 1. The number of benzene rings is 1. The highest BCUT2D eigenvalue weighted by molar-refractivity contribution is 5.41. The second-order valence-corrected chi connectivity index (χ2v) is 4.00. The van der Waals surface area contributed by atoms with Gasteiger partial charge in [0, 0.05) is 13.2 Å². The maximum atomic E-state index is 9.13. The summed E-state index contributed by atoms with van der Waals surface area (Å²) in [6.45, 7) is 4.66. The van der Waals surface area contributed by atoms with Crippen molar-refractivity contribution in [2.45, 2.75) is 39.5 Å². The molecule has 2 N–H and O–H groups in total. The third kappa shape index (κ3) is 2.83. The monoisotopic (exact) mass is 222 g/mol. The molecule has 2 nitrogen and oxygen atoms in total. The molecule has 0 aliphatic rings. The largest absolute Gasteiger partial charge is 0.396 e. The highest BCUT2D eigenvalue weighted by Gasteiger charge is 2.10. The molecule has 0 heterocycles. The lowest BCUT2D eigenvalue weighted by Gasteiger charge is -2.16. The van der Waals surface area contributed by atoms with Crippen LogP contribution in [-0.4, -0.2) is 23.4 Å². The zero-order valence-corrected chi connectivity index (χ0v) is 10.3. The van der Waals surface area contributed by atoms with E-state index in [-0.39, 0.29) is 13.2 Å². The van der Waals surface area contributed by atoms with E-state index in [2.05, 4.69) is 26.0 Å². The highest BCUT2D eigenvalue weighted by Crippen LogP contribution is 2.22. The Hall–Kier alpha value is -0.860. The Morgan fingerprint density at radius 2 is 1.44 bits per heavy atom. The summed E-state index contributed by atoms with van der Waals surface area (Å²) >= 11 is 0. The first-order valence-corrected chi connectivity index (χ1v) is 6.12. The van der Waals surface area contributed by atoms with E-state index >= 15 is 0 Å². The lowest BCUT2D eigenvalue weighted by Crippen LogP contribution is -2.07. The van der Waals surface area contributed by atoms with Gasteiger partial charge in [-0.05, 0) is 47.9 Å². The zero-order valence-electron chi connectivity index (χ0n) is 10.3. The average molecular weight is 222 g/mol. The molecule has 0 atom stereocenters. The van der Waals surface area contributed by atoms with Crippen LogP contribution < -0.4 is 0 Å². The second-order valence-electron chi connectivity index (χ2n) is 4.00. The van der Waals surface area contributed by atoms with Gasteiger partial charge in [0.1, 0.15) is 0 Å². The molecule has 1 aromatic carbocycles. The van der Waals surface area contributed by atoms with Crippen molar-refractivity contribution in [3.05, 3.63) is 34.4 Å². The molecule has 0 fully saturated rings. The van der Waals surface area contributed by atoms with Gasteiger partial charge in [0.25, 0.3) is 0 Å². The molecule has 0 saturated carbocycles. The molecule has 2 heteroatoms. The van der Waals surface area contributed by atoms with Crippen molar-refractivity contribution >= 4 is 0 Å². The van der Waals surface area contributed by atoms with Crippen LogP contribution in [0.4, 0.5) is 0 Å². The van der Waals surface area contributed by atoms with Crippen molar-refractivity contribution in [1.29, 1.82) is 0 Å². The minimum atomic E-state index is 0.192. The van der Waals surface area contributed by atoms with E-state index in [4.69, 9.17) is 10.2 Å². The van der Waals surface area contributed by atoms with Gasteiger partial charge in [-0.3, -0.25) is 0 Å². The maximum Gasteiger partial charge on any atom is 0.0471 e. The summed E-state index contributed by atoms with van der Waals surface area (Å²) < 4.78 is 0. The predicted molar refractivity (Wildman–Crippen MR) is 66.8 cm³/mol. The van der Waals surface area contributed by atoms with Crippen LogP contribution in [0.1, 0.15) is 36.1 Å². The van der Waals surface area contributed by atoms with Crippen LogP contribution in [0.25, 0.3) is 0 Å². The minimum Gasteiger partial charge on any atom is -0.396 e. The summed E-state index contributed by atoms with van der Waals surface area (Å²) in [4.78, 5) is 0. The Morgan fingerprint density at radius 3 is 1.94 bits per heavy atom. The van der Waals surface area contributed by atoms with E-state index < -0.39 is 0 Å². The SMILES string of the molecule is CCc1ccc(CCO)c(CC)c1CCO. The fourth-order valence-corrected chi connectivity index (χ4v) is 2.34. The predicted octanol–water partition coefficient (Wildman–Crippen LogP) is 1.88. The smallest absolute Gasteiger partial charge is 0.0471 e. The fraction of sp³-hybridized carbons (Fsp3) is 0.571. The van der Waals surface area contributed by atoms with E-state index in [1.807, 2.05) is 0 Å². The first-order chi connectivity index (χ1) is 7.78. The lowest BCUT2D eigenvalue weighted by molar-refractivity contribution is 0.297. The first-order valence-electron chi connectivity index (χ1n) is 6.12. The zero-order chi connectivity index (χ0) is 12.0. The van der Waals surface area contributed by atoms with Crippen LogP contribution in [0.15, 0.2) is 12.1 Å². The van der Waals surface area contributed by atoms with Crippen LogP contribution in [0.5, 0.6) is 0 Å². The molecule has 0 aliphatic carbocycles. The topological polar surface area (TPSA) is 40.5 Å². The molecule has 0 aromatic heterocycles. The molecule has 0 aliphatic heterocycles. The third-order valence-electron chi connectivity index (χ3n) is 3.10. The van der Waals surface area contributed by atoms with Gasteiger partial charge >= 0.3 is 0 Å². The first kappa shape index (κ1) is 13.2. The van der Waals surface area contributed by atoms with Crippen molar-refractivity contribution in [3.8, 4) is 0 Å². The van der Waals surface area contributed by atoms with Gasteiger partial charge < -0.3 is 10.2 Å². The molecule has 1 aromatic rings. The Kier molecular flexibility index (Phi) is 5.50. The van der Waals surface area contributed by atoms with E-state index in [1.165, 1.54) is 22.3 Å². The molecule has 0 amide bonds. The van der Waals surface area contributed by atoms with E-state index in [1.54, 1.807) is 0 Å². The van der Waals surface area contributed by atoms with E-state index in [0.717, 1.165) is 19.3 Å². The molecular weight excluding hydrogens is 200 g/mol. The Balaban J connectivity index is 3.19. The van der Waals surface area contributed by atoms with Gasteiger partial charge in [-0.15, -0.1) is 0 Å². The summed E-state index contributed by atoms with van der Waals surface area (Å²) in [5, 5.41) is 18.2. The number of rotatable bonds is 6. The summed E-state index contributed by atoms with van der Waals surface area (Å²) in [5.74, 6) is 0. The molecular formula is C14H22O2. The third-order valence-corrected chi connectivity index (χ3v) is 3.10. The number of aliphatic hydroxyl groups excluding tert-OH is 2. The number of hydrogen-bond acceptors (Lipinski definition) is 2. The molecule has 90 valence electrons. The normalized spacial score (nSPS) is 10.8. The van der Waals surface area contributed by atoms with Gasteiger partial charge in [-0.25, -0.2) is 0 Å². The quantitative estimate of drug-likeness (QED) is 0.771. The summed E-state index contributed by atoms with van der Waals surface area (Å²) in [5.41, 5.74) is 5.17. The molecule has 16 heavy (non-hydrogen) atoms. The Labute approximate surface area is 97.9 Å². The molecule has 1 rings (SSSR count). The summed E-state index contributed by atoms with van der Waals surface area (Å²) in [7, 11) is 0. The van der Waals surface area contributed by atoms with Gasteiger partial charge in [0.05, 0.1) is 0 Å². The number of hydrogen-bond donors (Lipinski definition) is 2. The summed E-state index contributed by atoms with van der Waals surface area (Å²) in [6, 6.07) is 4.25. The minimum absolute atomic E-state index is 0.192. The van der Waals surface area contributed by atoms with Crippen LogP contribution in [0.2, 0.25) is 0 Å². The van der Waals surface area contributed by atoms with Gasteiger partial charge in [-0.1, -0.05) is 26.0 Å². The van der Waals surface area contributed by atoms with Crippen LogP contribution in [-0.2, 0) is 25.7 Å².